The van der Waals surface area contributed by atoms with Crippen molar-refractivity contribution in [1.82, 2.24) is 25.4 Å². The Labute approximate surface area is 173 Å². The molecule has 2 rings (SSSR count). The van der Waals surface area contributed by atoms with E-state index in [-0.39, 0.29) is 24.8 Å². The average Bonchev–Trinajstić information content (AvgIpc) is 3.27. The third kappa shape index (κ3) is 6.95. The Morgan fingerprint density at radius 1 is 1.34 bits per heavy atom. The molecule has 158 valence electrons. The third-order valence-corrected chi connectivity index (χ3v) is 5.25. The van der Waals surface area contributed by atoms with Gasteiger partial charge in [0, 0.05) is 24.9 Å². The second-order valence-corrected chi connectivity index (χ2v) is 7.43. The minimum Gasteiger partial charge on any atom is -0.344 e. The van der Waals surface area contributed by atoms with Crippen molar-refractivity contribution >= 4 is 35.6 Å². The Balaban J connectivity index is 2.04. The van der Waals surface area contributed by atoms with Crippen molar-refractivity contribution in [2.75, 3.05) is 30.5 Å². The van der Waals surface area contributed by atoms with Crippen LogP contribution in [0.3, 0.4) is 0 Å². The van der Waals surface area contributed by atoms with E-state index in [4.69, 9.17) is 0 Å². The molecule has 0 aliphatic carbocycles. The molecule has 0 aromatic carbocycles. The highest BCUT2D eigenvalue weighted by Gasteiger charge is 2.21. The fraction of sp³-hybridized carbons (Fsp3) is 0.500. The van der Waals surface area contributed by atoms with E-state index in [1.165, 1.54) is 0 Å². The lowest BCUT2D eigenvalue weighted by atomic mass is 10.0. The van der Waals surface area contributed by atoms with E-state index in [0.29, 0.717) is 36.1 Å². The molecule has 0 radical (unpaired) electrons. The highest BCUT2D eigenvalue weighted by atomic mass is 32.1. The molecule has 1 atom stereocenters. The molecule has 0 saturated heterocycles. The second-order valence-electron chi connectivity index (χ2n) is 6.40. The molecule has 2 aromatic heterocycles. The number of rotatable bonds is 12. The van der Waals surface area contributed by atoms with Crippen LogP contribution in [0.2, 0.25) is 0 Å². The van der Waals surface area contributed by atoms with E-state index < -0.39 is 5.92 Å². The van der Waals surface area contributed by atoms with Gasteiger partial charge in [-0.3, -0.25) is 25.6 Å². The van der Waals surface area contributed by atoms with Gasteiger partial charge in [-0.15, -0.1) is 11.3 Å². The largest absolute Gasteiger partial charge is 0.344 e. The summed E-state index contributed by atoms with van der Waals surface area (Å²) in [5, 5.41) is 12.0. The molecule has 10 nitrogen and oxygen atoms in total. The van der Waals surface area contributed by atoms with Crippen LogP contribution in [0.15, 0.2) is 17.5 Å². The summed E-state index contributed by atoms with van der Waals surface area (Å²) >= 11 is 1.60. The molecular formula is C18H27N7O3S. The van der Waals surface area contributed by atoms with Gasteiger partial charge in [-0.05, 0) is 31.2 Å². The zero-order valence-corrected chi connectivity index (χ0v) is 17.6. The molecule has 0 spiro atoms. The third-order valence-electron chi connectivity index (χ3n) is 4.32. The van der Waals surface area contributed by atoms with Crippen LogP contribution in [0.5, 0.6) is 0 Å². The second kappa shape index (κ2) is 11.3. The maximum Gasteiger partial charge on any atom is 0.246 e. The fourth-order valence-corrected chi connectivity index (χ4v) is 3.22. The van der Waals surface area contributed by atoms with Gasteiger partial charge in [0.2, 0.25) is 24.2 Å². The Morgan fingerprint density at radius 3 is 2.76 bits per heavy atom. The summed E-state index contributed by atoms with van der Waals surface area (Å²) in [6.45, 7) is 4.53. The van der Waals surface area contributed by atoms with Crippen LogP contribution in [0.25, 0.3) is 0 Å². The van der Waals surface area contributed by atoms with Crippen molar-refractivity contribution in [3.63, 3.8) is 0 Å². The van der Waals surface area contributed by atoms with Crippen molar-refractivity contribution in [3.05, 3.63) is 28.2 Å². The quantitative estimate of drug-likeness (QED) is 0.268. The number of hydrazine groups is 1. The standard InChI is InChI=1S/C18H27N7O3S/c1-4-15-19-17(21-18(20-15)24(3)5-2)23-22-16(27)13(11-25(28)12-26)8-9-14-7-6-10-29-14/h6-7,10,12-13,28H,4-5,8-9,11H2,1-3H3,(H,22,27)(H,19,20,21,23)/t13-/m0/s1. The molecule has 2 heterocycles. The number of aromatic nitrogens is 3. The van der Waals surface area contributed by atoms with Crippen LogP contribution in [-0.4, -0.2) is 57.7 Å². The molecule has 0 unspecified atom stereocenters. The van der Waals surface area contributed by atoms with Gasteiger partial charge in [0.05, 0.1) is 12.5 Å². The highest BCUT2D eigenvalue weighted by Crippen LogP contribution is 2.16. The molecule has 0 bridgehead atoms. The summed E-state index contributed by atoms with van der Waals surface area (Å²) in [6.07, 6.45) is 2.04. The van der Waals surface area contributed by atoms with Gasteiger partial charge in [-0.25, -0.2) is 5.06 Å². The van der Waals surface area contributed by atoms with Crippen molar-refractivity contribution in [2.45, 2.75) is 33.1 Å². The topological polar surface area (TPSA) is 124 Å². The van der Waals surface area contributed by atoms with E-state index in [9.17, 15) is 14.8 Å². The molecule has 0 aliphatic heterocycles. The monoisotopic (exact) mass is 421 g/mol. The van der Waals surface area contributed by atoms with Gasteiger partial charge < -0.3 is 4.90 Å². The number of hydrogen-bond donors (Lipinski definition) is 3. The maximum absolute atomic E-state index is 12.7. The van der Waals surface area contributed by atoms with E-state index in [0.717, 1.165) is 11.4 Å². The van der Waals surface area contributed by atoms with Crippen LogP contribution < -0.4 is 15.8 Å². The summed E-state index contributed by atoms with van der Waals surface area (Å²) in [6, 6.07) is 3.93. The SMILES string of the molecule is CCc1nc(NNC(=O)[C@@H](CCc2cccs2)CN(O)C=O)nc(N(C)CC)n1. The summed E-state index contributed by atoms with van der Waals surface area (Å²) in [5.41, 5.74) is 5.31. The van der Waals surface area contributed by atoms with Crippen LogP contribution in [0.1, 0.15) is 31.0 Å². The summed E-state index contributed by atoms with van der Waals surface area (Å²) < 4.78 is 0. The molecule has 2 aromatic rings. The number of hydroxylamine groups is 2. The minimum atomic E-state index is -0.606. The molecule has 0 saturated carbocycles. The van der Waals surface area contributed by atoms with E-state index in [2.05, 4.69) is 25.8 Å². The Kier molecular flexibility index (Phi) is 8.74. The number of carbonyl (C=O) groups is 2. The van der Waals surface area contributed by atoms with Gasteiger partial charge in [-0.2, -0.15) is 15.0 Å². The first kappa shape index (κ1) is 22.5. The Morgan fingerprint density at radius 2 is 2.14 bits per heavy atom. The van der Waals surface area contributed by atoms with Crippen LogP contribution in [0, 0.1) is 5.92 Å². The van der Waals surface area contributed by atoms with Crippen LogP contribution >= 0.6 is 11.3 Å². The number of hydrogen-bond acceptors (Lipinski definition) is 9. The lowest BCUT2D eigenvalue weighted by Crippen LogP contribution is -2.41. The van der Waals surface area contributed by atoms with Gasteiger partial charge in [0.1, 0.15) is 5.82 Å². The first-order valence-electron chi connectivity index (χ1n) is 9.41. The molecule has 3 N–H and O–H groups in total. The maximum atomic E-state index is 12.7. The Hall–Kier alpha value is -2.79. The molecule has 0 fully saturated rings. The number of nitrogens with one attached hydrogen (secondary N) is 2. The van der Waals surface area contributed by atoms with Gasteiger partial charge in [0.15, 0.2) is 0 Å². The zero-order valence-electron chi connectivity index (χ0n) is 16.8. The zero-order chi connectivity index (χ0) is 21.2. The van der Waals surface area contributed by atoms with Crippen molar-refractivity contribution < 1.29 is 14.8 Å². The first-order valence-corrected chi connectivity index (χ1v) is 10.3. The number of nitrogens with zero attached hydrogens (tertiary/aromatic N) is 5. The smallest absolute Gasteiger partial charge is 0.246 e. The molecule has 11 heteroatoms. The summed E-state index contributed by atoms with van der Waals surface area (Å²) in [4.78, 5) is 39.4. The molecule has 2 amide bonds. The lowest BCUT2D eigenvalue weighted by Gasteiger charge is -2.20. The number of carbonyl (C=O) groups excluding carboxylic acids is 2. The van der Waals surface area contributed by atoms with Gasteiger partial charge in [-0.1, -0.05) is 13.0 Å². The van der Waals surface area contributed by atoms with E-state index in [1.54, 1.807) is 11.3 Å². The fourth-order valence-electron chi connectivity index (χ4n) is 2.50. The highest BCUT2D eigenvalue weighted by molar-refractivity contribution is 7.09. The van der Waals surface area contributed by atoms with Crippen LogP contribution in [-0.2, 0) is 22.4 Å². The number of aryl methyl sites for hydroxylation is 2. The van der Waals surface area contributed by atoms with Crippen molar-refractivity contribution in [2.24, 2.45) is 5.92 Å². The summed E-state index contributed by atoms with van der Waals surface area (Å²) in [5.74, 6) is 0.363. The Bertz CT molecular complexity index is 788. The number of amides is 2. The number of thiophene rings is 1. The van der Waals surface area contributed by atoms with E-state index in [1.807, 2.05) is 43.3 Å². The number of anilines is 2. The first-order chi connectivity index (χ1) is 14.0. The van der Waals surface area contributed by atoms with Gasteiger partial charge in [0.25, 0.3) is 0 Å². The molecule has 0 aliphatic rings. The molecular weight excluding hydrogens is 394 g/mol. The molecule has 29 heavy (non-hydrogen) atoms. The van der Waals surface area contributed by atoms with E-state index >= 15 is 0 Å². The minimum absolute atomic E-state index is 0.108. The summed E-state index contributed by atoms with van der Waals surface area (Å²) in [7, 11) is 1.87. The van der Waals surface area contributed by atoms with Crippen molar-refractivity contribution in [1.29, 1.82) is 0 Å². The lowest BCUT2D eigenvalue weighted by molar-refractivity contribution is -0.154. The van der Waals surface area contributed by atoms with Crippen molar-refractivity contribution in [3.8, 4) is 0 Å². The van der Waals surface area contributed by atoms with Gasteiger partial charge >= 0.3 is 0 Å². The predicted octanol–water partition coefficient (Wildman–Crippen LogP) is 1.49. The van der Waals surface area contributed by atoms with Crippen LogP contribution in [0.4, 0.5) is 11.9 Å². The average molecular weight is 422 g/mol. The predicted molar refractivity (Wildman–Crippen MR) is 111 cm³/mol. The normalized spacial score (nSPS) is 11.6.